The van der Waals surface area contributed by atoms with Gasteiger partial charge in [-0.15, -0.1) is 0 Å². The van der Waals surface area contributed by atoms with Gasteiger partial charge in [0.15, 0.2) is 0 Å². The molecular formula is C7H13NO7S2. The molecule has 0 heterocycles. The van der Waals surface area contributed by atoms with Crippen molar-refractivity contribution in [3.63, 3.8) is 0 Å². The van der Waals surface area contributed by atoms with Crippen LogP contribution in [0.15, 0.2) is 12.7 Å². The summed E-state index contributed by atoms with van der Waals surface area (Å²) in [6.07, 6.45) is 0.785. The average molecular weight is 287 g/mol. The zero-order chi connectivity index (χ0) is 14.1. The SMILES string of the molecule is C=CC(=O)NC(C)(C)C(S(=O)(=O)O)S(=O)(=O)O. The summed E-state index contributed by atoms with van der Waals surface area (Å²) in [7, 11) is -10.2. The minimum absolute atomic E-state index is 0.785. The van der Waals surface area contributed by atoms with E-state index in [1.807, 2.05) is 5.32 Å². The first-order valence-electron chi connectivity index (χ1n) is 4.19. The molecule has 100 valence electrons. The fourth-order valence-electron chi connectivity index (χ4n) is 1.33. The van der Waals surface area contributed by atoms with E-state index in [1.54, 1.807) is 0 Å². The molecular weight excluding hydrogens is 274 g/mol. The van der Waals surface area contributed by atoms with E-state index >= 15 is 0 Å². The van der Waals surface area contributed by atoms with Crippen LogP contribution in [0.2, 0.25) is 0 Å². The van der Waals surface area contributed by atoms with E-state index < -0.39 is 36.3 Å². The molecule has 0 saturated carbocycles. The molecule has 1 amide bonds. The smallest absolute Gasteiger partial charge is 0.287 e. The molecule has 0 aromatic rings. The van der Waals surface area contributed by atoms with Crippen molar-refractivity contribution in [2.24, 2.45) is 0 Å². The van der Waals surface area contributed by atoms with Crippen molar-refractivity contribution >= 4 is 26.1 Å². The van der Waals surface area contributed by atoms with Crippen LogP contribution in [-0.4, -0.2) is 42.0 Å². The Morgan fingerprint density at radius 1 is 1.24 bits per heavy atom. The van der Waals surface area contributed by atoms with Crippen LogP contribution < -0.4 is 5.32 Å². The third-order valence-electron chi connectivity index (χ3n) is 1.76. The number of hydrogen-bond acceptors (Lipinski definition) is 5. The van der Waals surface area contributed by atoms with Gasteiger partial charge >= 0.3 is 0 Å². The second-order valence-corrected chi connectivity index (χ2v) is 7.08. The molecule has 0 rings (SSSR count). The van der Waals surface area contributed by atoms with Crippen LogP contribution in [0.3, 0.4) is 0 Å². The monoisotopic (exact) mass is 287 g/mol. The molecule has 17 heavy (non-hydrogen) atoms. The van der Waals surface area contributed by atoms with Gasteiger partial charge in [0.2, 0.25) is 10.5 Å². The molecule has 10 heteroatoms. The summed E-state index contributed by atoms with van der Waals surface area (Å²) in [6.45, 7) is 5.12. The Morgan fingerprint density at radius 2 is 1.59 bits per heavy atom. The van der Waals surface area contributed by atoms with Gasteiger partial charge in [0, 0.05) is 0 Å². The van der Waals surface area contributed by atoms with Crippen LogP contribution in [0.1, 0.15) is 13.8 Å². The Kier molecular flexibility index (Phi) is 4.45. The van der Waals surface area contributed by atoms with E-state index in [1.165, 1.54) is 0 Å². The van der Waals surface area contributed by atoms with Crippen molar-refractivity contribution in [1.82, 2.24) is 5.32 Å². The molecule has 0 radical (unpaired) electrons. The molecule has 3 N–H and O–H groups in total. The summed E-state index contributed by atoms with van der Waals surface area (Å²) < 4.78 is 58.7. The predicted molar refractivity (Wildman–Crippen MR) is 59.3 cm³/mol. The van der Waals surface area contributed by atoms with Crippen LogP contribution in [0, 0.1) is 0 Å². The minimum Gasteiger partial charge on any atom is -0.345 e. The zero-order valence-corrected chi connectivity index (χ0v) is 10.7. The molecule has 0 fully saturated rings. The van der Waals surface area contributed by atoms with Gasteiger partial charge in [0.1, 0.15) is 0 Å². The van der Waals surface area contributed by atoms with E-state index in [0.717, 1.165) is 19.9 Å². The zero-order valence-electron chi connectivity index (χ0n) is 9.11. The molecule has 0 aliphatic heterocycles. The summed E-state index contributed by atoms with van der Waals surface area (Å²) in [5.74, 6) is -0.854. The Bertz CT molecular complexity index is 484. The lowest BCUT2D eigenvalue weighted by molar-refractivity contribution is -0.117. The van der Waals surface area contributed by atoms with Gasteiger partial charge in [0.25, 0.3) is 20.2 Å². The van der Waals surface area contributed by atoms with Gasteiger partial charge < -0.3 is 5.32 Å². The predicted octanol–water partition coefficient (Wildman–Crippen LogP) is -0.831. The molecule has 8 nitrogen and oxygen atoms in total. The topological polar surface area (TPSA) is 138 Å². The lowest BCUT2D eigenvalue weighted by atomic mass is 10.1. The summed E-state index contributed by atoms with van der Waals surface area (Å²) in [4.78, 5) is 11.0. The fraction of sp³-hybridized carbons (Fsp3) is 0.571. The van der Waals surface area contributed by atoms with Crippen molar-refractivity contribution in [1.29, 1.82) is 0 Å². The van der Waals surface area contributed by atoms with Gasteiger partial charge in [-0.25, -0.2) is 0 Å². The number of carbonyl (C=O) groups excluding carboxylic acids is 1. The van der Waals surface area contributed by atoms with Crippen molar-refractivity contribution in [3.05, 3.63) is 12.7 Å². The Balaban J connectivity index is 5.65. The van der Waals surface area contributed by atoms with Crippen LogP contribution >= 0.6 is 0 Å². The van der Waals surface area contributed by atoms with Crippen molar-refractivity contribution in [2.45, 2.75) is 24.0 Å². The van der Waals surface area contributed by atoms with Gasteiger partial charge in [-0.05, 0) is 19.9 Å². The Hall–Kier alpha value is -0.970. The van der Waals surface area contributed by atoms with Gasteiger partial charge in [-0.3, -0.25) is 13.9 Å². The number of carbonyl (C=O) groups is 1. The maximum Gasteiger partial charge on any atom is 0.287 e. The third kappa shape index (κ3) is 4.42. The average Bonchev–Trinajstić information content (AvgIpc) is 1.95. The lowest BCUT2D eigenvalue weighted by Crippen LogP contribution is -2.57. The van der Waals surface area contributed by atoms with Gasteiger partial charge in [0.05, 0.1) is 5.54 Å². The van der Waals surface area contributed by atoms with Crippen molar-refractivity contribution in [3.8, 4) is 0 Å². The maximum absolute atomic E-state index is 11.0. The minimum atomic E-state index is -5.12. The van der Waals surface area contributed by atoms with Gasteiger partial charge in [-0.2, -0.15) is 16.8 Å². The summed E-state index contributed by atoms with van der Waals surface area (Å²) >= 11 is 0. The second kappa shape index (κ2) is 4.72. The van der Waals surface area contributed by atoms with E-state index in [-0.39, 0.29) is 0 Å². The highest BCUT2D eigenvalue weighted by Gasteiger charge is 2.48. The van der Waals surface area contributed by atoms with E-state index in [2.05, 4.69) is 6.58 Å². The highest BCUT2D eigenvalue weighted by Crippen LogP contribution is 2.21. The molecule has 0 aromatic carbocycles. The standard InChI is InChI=1S/C7H13NO7S2/c1-4-5(9)8-7(2,3)6(16(10,11)12)17(13,14)15/h4,6H,1H2,2-3H3,(H,8,9)(H,10,11,12)(H,13,14,15). The number of rotatable bonds is 5. The number of nitrogens with one attached hydrogen (secondary N) is 1. The number of amides is 1. The van der Waals surface area contributed by atoms with E-state index in [0.29, 0.717) is 0 Å². The third-order valence-corrected chi connectivity index (χ3v) is 5.48. The first-order valence-corrected chi connectivity index (χ1v) is 7.20. The first-order chi connectivity index (χ1) is 7.32. The van der Waals surface area contributed by atoms with Crippen LogP contribution in [-0.2, 0) is 25.0 Å². The number of hydrogen-bond donors (Lipinski definition) is 3. The fourth-order valence-corrected chi connectivity index (χ4v) is 4.16. The highest BCUT2D eigenvalue weighted by atomic mass is 32.3. The normalized spacial score (nSPS) is 13.5. The molecule has 0 aromatic heterocycles. The van der Waals surface area contributed by atoms with Gasteiger partial charge in [-0.1, -0.05) is 6.58 Å². The molecule has 0 aliphatic carbocycles. The summed E-state index contributed by atoms with van der Waals surface area (Å²) in [5.41, 5.74) is -1.94. The molecule has 0 unspecified atom stereocenters. The van der Waals surface area contributed by atoms with E-state index in [4.69, 9.17) is 9.11 Å². The first kappa shape index (κ1) is 16.0. The Morgan fingerprint density at radius 3 is 1.82 bits per heavy atom. The summed E-state index contributed by atoms with van der Waals surface area (Å²) in [5, 5.41) is 1.98. The van der Waals surface area contributed by atoms with Crippen LogP contribution in [0.25, 0.3) is 0 Å². The lowest BCUT2D eigenvalue weighted by Gasteiger charge is -2.30. The van der Waals surface area contributed by atoms with Crippen molar-refractivity contribution in [2.75, 3.05) is 0 Å². The molecule has 0 saturated heterocycles. The maximum atomic E-state index is 11.0. The highest BCUT2D eigenvalue weighted by molar-refractivity contribution is 8.04. The molecule has 0 aliphatic rings. The molecule has 0 atom stereocenters. The van der Waals surface area contributed by atoms with Crippen LogP contribution in [0.4, 0.5) is 0 Å². The second-order valence-electron chi connectivity index (χ2n) is 3.78. The molecule has 0 spiro atoms. The summed E-state index contributed by atoms with van der Waals surface area (Å²) in [6, 6.07) is 0. The largest absolute Gasteiger partial charge is 0.345 e. The Labute approximate surface area is 99.2 Å². The van der Waals surface area contributed by atoms with E-state index in [9.17, 15) is 21.6 Å². The molecule has 0 bridgehead atoms. The quantitative estimate of drug-likeness (QED) is 0.443. The van der Waals surface area contributed by atoms with Crippen molar-refractivity contribution < 1.29 is 30.7 Å². The van der Waals surface area contributed by atoms with Crippen LogP contribution in [0.5, 0.6) is 0 Å².